The van der Waals surface area contributed by atoms with Crippen molar-refractivity contribution in [1.82, 2.24) is 0 Å². The molecule has 352 valence electrons. The van der Waals surface area contributed by atoms with Crippen LogP contribution in [0.3, 0.4) is 0 Å². The quantitative estimate of drug-likeness (QED) is 0.0263. The van der Waals surface area contributed by atoms with E-state index in [2.05, 4.69) is 118 Å². The Labute approximate surface area is 381 Å². The molecule has 0 spiro atoms. The van der Waals surface area contributed by atoms with Crippen molar-refractivity contribution in [2.45, 2.75) is 226 Å². The number of carbonyl (C=O) groups excluding carboxylic acids is 3. The highest BCUT2D eigenvalue weighted by atomic mass is 16.6. The molecule has 1 atom stereocenters. The zero-order valence-corrected chi connectivity index (χ0v) is 40.1. The molecule has 0 aliphatic heterocycles. The van der Waals surface area contributed by atoms with E-state index in [1.165, 1.54) is 51.4 Å². The first-order valence-electron chi connectivity index (χ1n) is 25.2. The monoisotopic (exact) mass is 861 g/mol. The summed E-state index contributed by atoms with van der Waals surface area (Å²) in [5.74, 6) is -0.922. The fourth-order valence-electron chi connectivity index (χ4n) is 6.57. The topological polar surface area (TPSA) is 78.9 Å². The molecule has 0 aliphatic carbocycles. The van der Waals surface area contributed by atoms with Crippen molar-refractivity contribution in [3.63, 3.8) is 0 Å². The van der Waals surface area contributed by atoms with Crippen molar-refractivity contribution >= 4 is 17.9 Å². The van der Waals surface area contributed by atoms with Crippen molar-refractivity contribution in [1.29, 1.82) is 0 Å². The highest BCUT2D eigenvalue weighted by Gasteiger charge is 2.19. The summed E-state index contributed by atoms with van der Waals surface area (Å²) >= 11 is 0. The highest BCUT2D eigenvalue weighted by molar-refractivity contribution is 5.71. The lowest BCUT2D eigenvalue weighted by atomic mass is 10.1. The Morgan fingerprint density at radius 3 is 0.984 bits per heavy atom. The minimum Gasteiger partial charge on any atom is -0.462 e. The van der Waals surface area contributed by atoms with E-state index < -0.39 is 6.10 Å². The van der Waals surface area contributed by atoms with Gasteiger partial charge in [0.25, 0.3) is 0 Å². The minimum atomic E-state index is -0.775. The zero-order valence-electron chi connectivity index (χ0n) is 40.1. The number of ether oxygens (including phenoxy) is 3. The van der Waals surface area contributed by atoms with E-state index in [1.54, 1.807) is 0 Å². The Morgan fingerprint density at radius 1 is 0.339 bits per heavy atom. The molecular formula is C56H92O6. The highest BCUT2D eigenvalue weighted by Crippen LogP contribution is 2.13. The lowest BCUT2D eigenvalue weighted by Crippen LogP contribution is -2.30. The molecule has 0 saturated carbocycles. The normalized spacial score (nSPS) is 12.9. The summed E-state index contributed by atoms with van der Waals surface area (Å²) < 4.78 is 16.6. The average Bonchev–Trinajstić information content (AvgIpc) is 3.27. The molecule has 0 radical (unpaired) electrons. The van der Waals surface area contributed by atoms with Gasteiger partial charge in [-0.1, -0.05) is 214 Å². The molecule has 62 heavy (non-hydrogen) atoms. The maximum Gasteiger partial charge on any atom is 0.306 e. The lowest BCUT2D eigenvalue weighted by Gasteiger charge is -2.18. The number of allylic oxidation sites excluding steroid dienone is 16. The minimum absolute atomic E-state index is 0.0821. The van der Waals surface area contributed by atoms with Crippen LogP contribution < -0.4 is 0 Å². The molecule has 0 heterocycles. The predicted molar refractivity (Wildman–Crippen MR) is 265 cm³/mol. The molecule has 0 aromatic carbocycles. The fourth-order valence-corrected chi connectivity index (χ4v) is 6.57. The van der Waals surface area contributed by atoms with Crippen molar-refractivity contribution in [3.05, 3.63) is 97.2 Å². The maximum atomic E-state index is 12.6. The van der Waals surface area contributed by atoms with E-state index in [9.17, 15) is 14.4 Å². The van der Waals surface area contributed by atoms with Gasteiger partial charge in [0.1, 0.15) is 13.2 Å². The smallest absolute Gasteiger partial charge is 0.306 e. The number of carbonyl (C=O) groups is 3. The third-order valence-electron chi connectivity index (χ3n) is 10.4. The summed E-state index contributed by atoms with van der Waals surface area (Å²) in [6.07, 6.45) is 65.9. The van der Waals surface area contributed by atoms with E-state index in [-0.39, 0.29) is 31.1 Å². The second-order valence-electron chi connectivity index (χ2n) is 16.4. The van der Waals surface area contributed by atoms with Gasteiger partial charge in [-0.2, -0.15) is 0 Å². The molecule has 0 bridgehead atoms. The molecule has 0 aromatic heterocycles. The van der Waals surface area contributed by atoms with Crippen molar-refractivity contribution in [2.24, 2.45) is 0 Å². The van der Waals surface area contributed by atoms with E-state index in [0.717, 1.165) is 128 Å². The van der Waals surface area contributed by atoms with E-state index in [0.29, 0.717) is 19.3 Å². The zero-order chi connectivity index (χ0) is 45.1. The van der Waals surface area contributed by atoms with Gasteiger partial charge < -0.3 is 14.2 Å². The van der Waals surface area contributed by atoms with Crippen LogP contribution in [-0.4, -0.2) is 37.2 Å². The molecular weight excluding hydrogens is 769 g/mol. The Balaban J connectivity index is 4.05. The number of esters is 3. The fraction of sp³-hybridized carbons (Fsp3) is 0.661. The van der Waals surface area contributed by atoms with Crippen molar-refractivity contribution < 1.29 is 28.6 Å². The van der Waals surface area contributed by atoms with Crippen LogP contribution in [0.25, 0.3) is 0 Å². The van der Waals surface area contributed by atoms with E-state index in [1.807, 2.05) is 0 Å². The molecule has 6 heteroatoms. The predicted octanol–water partition coefficient (Wildman–Crippen LogP) is 16.6. The summed E-state index contributed by atoms with van der Waals surface area (Å²) in [6.45, 7) is 6.37. The van der Waals surface area contributed by atoms with Crippen LogP contribution in [-0.2, 0) is 28.6 Å². The summed E-state index contributed by atoms with van der Waals surface area (Å²) in [5, 5.41) is 0. The second kappa shape index (κ2) is 50.0. The molecule has 1 unspecified atom stereocenters. The van der Waals surface area contributed by atoms with Crippen LogP contribution in [0.15, 0.2) is 97.2 Å². The summed E-state index contributed by atoms with van der Waals surface area (Å²) in [6, 6.07) is 0. The molecule has 0 rings (SSSR count). The molecule has 0 aliphatic rings. The summed E-state index contributed by atoms with van der Waals surface area (Å²) in [5.41, 5.74) is 0. The third kappa shape index (κ3) is 47.4. The molecule has 0 aromatic rings. The Bertz CT molecular complexity index is 1260. The van der Waals surface area contributed by atoms with Gasteiger partial charge in [0.2, 0.25) is 0 Å². The van der Waals surface area contributed by atoms with E-state index in [4.69, 9.17) is 14.2 Å². The van der Waals surface area contributed by atoms with E-state index >= 15 is 0 Å². The van der Waals surface area contributed by atoms with Gasteiger partial charge in [-0.15, -0.1) is 0 Å². The summed E-state index contributed by atoms with van der Waals surface area (Å²) in [7, 11) is 0. The largest absolute Gasteiger partial charge is 0.462 e. The van der Waals surface area contributed by atoms with Crippen LogP contribution in [0.5, 0.6) is 0 Å². The van der Waals surface area contributed by atoms with Gasteiger partial charge >= 0.3 is 17.9 Å². The van der Waals surface area contributed by atoms with Gasteiger partial charge in [0.05, 0.1) is 0 Å². The van der Waals surface area contributed by atoms with Gasteiger partial charge in [0, 0.05) is 19.3 Å². The first kappa shape index (κ1) is 58.3. The second-order valence-corrected chi connectivity index (χ2v) is 16.4. The van der Waals surface area contributed by atoms with Crippen LogP contribution in [0.4, 0.5) is 0 Å². The maximum absolute atomic E-state index is 12.6. The molecule has 6 nitrogen and oxygen atoms in total. The Hall–Kier alpha value is -3.67. The van der Waals surface area contributed by atoms with Gasteiger partial charge in [-0.3, -0.25) is 14.4 Å². The Kier molecular flexibility index (Phi) is 47.0. The number of hydrogen-bond donors (Lipinski definition) is 0. The standard InChI is InChI=1S/C56H92O6/c1-4-7-10-13-15-17-18-19-20-21-22-23-24-25-26-27-28-29-30-31-32-33-34-35-36-37-38-39-41-43-46-49-55(58)61-52-53(51-60-54(57)48-45-42-12-9-6-3)62-56(59)50-47-44-40-16-14-11-8-5-2/h7,10,15,17,19-20,22-23,25-26,28-29,31-32,34-35,53H,4-6,8-9,11-14,16,18,21,24,27,30,33,36-52H2,1-3H3/b10-7-,17-15-,20-19-,23-22-,26-25-,29-28-,32-31-,35-34-. The van der Waals surface area contributed by atoms with Crippen LogP contribution >= 0.6 is 0 Å². The molecule has 0 N–H and O–H groups in total. The first-order chi connectivity index (χ1) is 30.5. The number of rotatable bonds is 44. The molecule has 0 amide bonds. The van der Waals surface area contributed by atoms with Gasteiger partial charge in [-0.25, -0.2) is 0 Å². The Morgan fingerprint density at radius 2 is 0.629 bits per heavy atom. The molecule has 0 saturated heterocycles. The van der Waals surface area contributed by atoms with Gasteiger partial charge in [-0.05, 0) is 83.5 Å². The lowest BCUT2D eigenvalue weighted by molar-refractivity contribution is -0.167. The average molecular weight is 861 g/mol. The first-order valence-corrected chi connectivity index (χ1v) is 25.2. The third-order valence-corrected chi connectivity index (χ3v) is 10.4. The summed E-state index contributed by atoms with van der Waals surface area (Å²) in [4.78, 5) is 37.4. The van der Waals surface area contributed by atoms with Gasteiger partial charge in [0.15, 0.2) is 6.10 Å². The number of unbranched alkanes of at least 4 members (excludes halogenated alkanes) is 17. The van der Waals surface area contributed by atoms with Crippen LogP contribution in [0, 0.1) is 0 Å². The van der Waals surface area contributed by atoms with Crippen LogP contribution in [0.2, 0.25) is 0 Å². The molecule has 0 fully saturated rings. The number of hydrogen-bond acceptors (Lipinski definition) is 6. The van der Waals surface area contributed by atoms with Crippen molar-refractivity contribution in [3.8, 4) is 0 Å². The van der Waals surface area contributed by atoms with Crippen LogP contribution in [0.1, 0.15) is 220 Å². The SMILES string of the molecule is CC/C=C\C/C=C\C/C=C\C/C=C\C/C=C\C/C=C\C/C=C\C/C=C\CCCCCCCCC(=O)OCC(COC(=O)CCCCCCC)OC(=O)CCCCCCCCCC. The van der Waals surface area contributed by atoms with Crippen molar-refractivity contribution in [2.75, 3.05) is 13.2 Å².